The van der Waals surface area contributed by atoms with Crippen LogP contribution in [0.15, 0.2) is 60.0 Å². The minimum atomic E-state index is 0.741. The Bertz CT molecular complexity index is 857. The van der Waals surface area contributed by atoms with Gasteiger partial charge in [0.2, 0.25) is 0 Å². The van der Waals surface area contributed by atoms with Gasteiger partial charge in [0.05, 0.1) is 4.88 Å². The van der Waals surface area contributed by atoms with Crippen LogP contribution in [0.2, 0.25) is 0 Å². The Morgan fingerprint density at radius 2 is 1.80 bits per heavy atom. The third-order valence-corrected chi connectivity index (χ3v) is 4.15. The number of H-pyrrole nitrogens is 1. The molecule has 2 heterocycles. The number of hydrogen-bond donors (Lipinski definition) is 1. The molecule has 0 atom stereocenters. The van der Waals surface area contributed by atoms with Crippen LogP contribution >= 0.6 is 11.3 Å². The van der Waals surface area contributed by atoms with E-state index in [1.165, 1.54) is 10.8 Å². The number of nitrogens with zero attached hydrogens (tertiary/aromatic N) is 2. The lowest BCUT2D eigenvalue weighted by Gasteiger charge is -2.01. The molecule has 0 aliphatic rings. The Hall–Kier alpha value is -2.46. The van der Waals surface area contributed by atoms with Crippen LogP contribution in [0, 0.1) is 0 Å². The molecular weight excluding hydrogens is 266 g/mol. The number of nitrogens with one attached hydrogen (secondary N) is 1. The smallest absolute Gasteiger partial charge is 0.182 e. The van der Waals surface area contributed by atoms with Gasteiger partial charge < -0.3 is 0 Å². The number of rotatable bonds is 2. The number of aromatic amines is 1. The van der Waals surface area contributed by atoms with Crippen LogP contribution < -0.4 is 0 Å². The Morgan fingerprint density at radius 1 is 0.900 bits per heavy atom. The summed E-state index contributed by atoms with van der Waals surface area (Å²) in [5.74, 6) is 1.56. The van der Waals surface area contributed by atoms with Crippen LogP contribution in [0.1, 0.15) is 0 Å². The molecule has 3 nitrogen and oxygen atoms in total. The molecular formula is C16H11N3S. The van der Waals surface area contributed by atoms with Crippen molar-refractivity contribution in [2.75, 3.05) is 0 Å². The summed E-state index contributed by atoms with van der Waals surface area (Å²) in [7, 11) is 0. The van der Waals surface area contributed by atoms with Crippen LogP contribution in [0.5, 0.6) is 0 Å². The number of aromatic nitrogens is 3. The average Bonchev–Trinajstić information content (AvgIpc) is 3.17. The minimum Gasteiger partial charge on any atom is -0.258 e. The van der Waals surface area contributed by atoms with Crippen molar-refractivity contribution in [3.63, 3.8) is 0 Å². The summed E-state index contributed by atoms with van der Waals surface area (Å²) in [6.45, 7) is 0. The van der Waals surface area contributed by atoms with Gasteiger partial charge in [-0.2, -0.15) is 5.10 Å². The van der Waals surface area contributed by atoms with E-state index in [9.17, 15) is 0 Å². The summed E-state index contributed by atoms with van der Waals surface area (Å²) in [6.07, 6.45) is 0. The molecule has 0 saturated heterocycles. The Kier molecular flexibility index (Phi) is 2.60. The summed E-state index contributed by atoms with van der Waals surface area (Å²) in [5, 5.41) is 11.8. The highest BCUT2D eigenvalue weighted by atomic mass is 32.1. The zero-order valence-corrected chi connectivity index (χ0v) is 11.4. The van der Waals surface area contributed by atoms with Crippen LogP contribution in [-0.4, -0.2) is 15.2 Å². The van der Waals surface area contributed by atoms with Crippen molar-refractivity contribution in [1.29, 1.82) is 0 Å². The van der Waals surface area contributed by atoms with Gasteiger partial charge in [0, 0.05) is 5.56 Å². The van der Waals surface area contributed by atoms with Gasteiger partial charge in [0.15, 0.2) is 11.6 Å². The summed E-state index contributed by atoms with van der Waals surface area (Å²) in [5.41, 5.74) is 1.06. The maximum Gasteiger partial charge on any atom is 0.182 e. The average molecular weight is 277 g/mol. The van der Waals surface area contributed by atoms with Crippen molar-refractivity contribution in [1.82, 2.24) is 15.2 Å². The van der Waals surface area contributed by atoms with Crippen LogP contribution in [0.3, 0.4) is 0 Å². The summed E-state index contributed by atoms with van der Waals surface area (Å²) in [6, 6.07) is 18.5. The Morgan fingerprint density at radius 3 is 2.70 bits per heavy atom. The summed E-state index contributed by atoms with van der Waals surface area (Å²) in [4.78, 5) is 5.72. The fraction of sp³-hybridized carbons (Fsp3) is 0. The van der Waals surface area contributed by atoms with E-state index >= 15 is 0 Å². The SMILES string of the molecule is c1csc(-c2nc(-c3cccc4ccccc34)n[nH]2)c1. The zero-order chi connectivity index (χ0) is 13.4. The lowest BCUT2D eigenvalue weighted by atomic mass is 10.0. The number of benzene rings is 2. The van der Waals surface area contributed by atoms with Crippen LogP contribution in [0.4, 0.5) is 0 Å². The molecule has 0 radical (unpaired) electrons. The second-order valence-corrected chi connectivity index (χ2v) is 5.46. The molecule has 4 rings (SSSR count). The molecule has 0 aliphatic heterocycles. The molecule has 0 unspecified atom stereocenters. The molecule has 4 aromatic rings. The first-order chi connectivity index (χ1) is 9.92. The second kappa shape index (κ2) is 4.58. The van der Waals surface area contributed by atoms with Gasteiger partial charge >= 0.3 is 0 Å². The standard InChI is InChI=1S/C16H11N3S/c1-2-7-12-11(5-1)6-3-8-13(12)15-17-16(19-18-15)14-9-4-10-20-14/h1-10H,(H,17,18,19). The third kappa shape index (κ3) is 1.82. The van der Waals surface area contributed by atoms with E-state index in [0.29, 0.717) is 0 Å². The van der Waals surface area contributed by atoms with Gasteiger partial charge in [0.1, 0.15) is 0 Å². The van der Waals surface area contributed by atoms with E-state index in [2.05, 4.69) is 39.4 Å². The van der Waals surface area contributed by atoms with Crippen molar-refractivity contribution in [3.8, 4) is 22.1 Å². The topological polar surface area (TPSA) is 41.6 Å². The zero-order valence-electron chi connectivity index (χ0n) is 10.6. The van der Waals surface area contributed by atoms with E-state index in [1.807, 2.05) is 35.7 Å². The third-order valence-electron chi connectivity index (χ3n) is 3.27. The Balaban J connectivity index is 1.88. The molecule has 2 aromatic carbocycles. The fourth-order valence-electron chi connectivity index (χ4n) is 2.33. The molecule has 0 amide bonds. The quantitative estimate of drug-likeness (QED) is 0.591. The van der Waals surface area contributed by atoms with Gasteiger partial charge in [-0.3, -0.25) is 5.10 Å². The molecule has 0 fully saturated rings. The predicted octanol–water partition coefficient (Wildman–Crippen LogP) is 4.35. The van der Waals surface area contributed by atoms with E-state index in [1.54, 1.807) is 11.3 Å². The fourth-order valence-corrected chi connectivity index (χ4v) is 2.99. The predicted molar refractivity (Wildman–Crippen MR) is 82.6 cm³/mol. The maximum absolute atomic E-state index is 4.62. The van der Waals surface area contributed by atoms with Crippen molar-refractivity contribution < 1.29 is 0 Å². The minimum absolute atomic E-state index is 0.741. The Labute approximate surface area is 119 Å². The highest BCUT2D eigenvalue weighted by Gasteiger charge is 2.10. The van der Waals surface area contributed by atoms with Crippen molar-refractivity contribution in [2.45, 2.75) is 0 Å². The molecule has 0 aliphatic carbocycles. The molecule has 1 N–H and O–H groups in total. The van der Waals surface area contributed by atoms with E-state index in [-0.39, 0.29) is 0 Å². The van der Waals surface area contributed by atoms with E-state index in [4.69, 9.17) is 0 Å². The van der Waals surface area contributed by atoms with Crippen molar-refractivity contribution >= 4 is 22.1 Å². The van der Waals surface area contributed by atoms with E-state index < -0.39 is 0 Å². The van der Waals surface area contributed by atoms with Crippen molar-refractivity contribution in [3.05, 3.63) is 60.0 Å². The number of hydrogen-bond acceptors (Lipinski definition) is 3. The molecule has 20 heavy (non-hydrogen) atoms. The van der Waals surface area contributed by atoms with Gasteiger partial charge in [-0.25, -0.2) is 4.98 Å². The van der Waals surface area contributed by atoms with Crippen LogP contribution in [-0.2, 0) is 0 Å². The molecule has 0 bridgehead atoms. The molecule has 0 spiro atoms. The van der Waals surface area contributed by atoms with Gasteiger partial charge in [-0.05, 0) is 22.2 Å². The lowest BCUT2D eigenvalue weighted by molar-refractivity contribution is 1.10. The van der Waals surface area contributed by atoms with Gasteiger partial charge in [-0.15, -0.1) is 11.3 Å². The van der Waals surface area contributed by atoms with Crippen molar-refractivity contribution in [2.24, 2.45) is 0 Å². The molecule has 4 heteroatoms. The molecule has 0 saturated carbocycles. The second-order valence-electron chi connectivity index (χ2n) is 4.51. The monoisotopic (exact) mass is 277 g/mol. The largest absolute Gasteiger partial charge is 0.258 e. The number of fused-ring (bicyclic) bond motifs is 1. The highest BCUT2D eigenvalue weighted by molar-refractivity contribution is 7.13. The highest BCUT2D eigenvalue weighted by Crippen LogP contribution is 2.28. The maximum atomic E-state index is 4.62. The first-order valence-corrected chi connectivity index (χ1v) is 7.24. The van der Waals surface area contributed by atoms with Gasteiger partial charge in [0.25, 0.3) is 0 Å². The first-order valence-electron chi connectivity index (χ1n) is 6.36. The molecule has 2 aromatic heterocycles. The summed E-state index contributed by atoms with van der Waals surface area (Å²) >= 11 is 1.65. The number of thiophene rings is 1. The molecule has 96 valence electrons. The summed E-state index contributed by atoms with van der Waals surface area (Å²) < 4.78 is 0. The first kappa shape index (κ1) is 11.4. The van der Waals surface area contributed by atoms with E-state index in [0.717, 1.165) is 22.1 Å². The van der Waals surface area contributed by atoms with Gasteiger partial charge in [-0.1, -0.05) is 48.5 Å². The van der Waals surface area contributed by atoms with Crippen LogP contribution in [0.25, 0.3) is 32.9 Å². The normalized spacial score (nSPS) is 11.0. The lowest BCUT2D eigenvalue weighted by Crippen LogP contribution is -1.83.